The molecule has 246 valence electrons. The Balaban J connectivity index is 1.13. The maximum atomic E-state index is 2.44. The van der Waals surface area contributed by atoms with Gasteiger partial charge in [-0.1, -0.05) is 172 Å². The molecule has 0 heterocycles. The Morgan fingerprint density at radius 1 is 0.365 bits per heavy atom. The summed E-state index contributed by atoms with van der Waals surface area (Å²) in [6, 6.07) is 69.1. The van der Waals surface area contributed by atoms with E-state index in [1.54, 1.807) is 0 Å². The van der Waals surface area contributed by atoms with Crippen molar-refractivity contribution < 1.29 is 0 Å². The van der Waals surface area contributed by atoms with E-state index in [0.29, 0.717) is 0 Å². The quantitative estimate of drug-likeness (QED) is 0.166. The fourth-order valence-electron chi connectivity index (χ4n) is 8.69. The van der Waals surface area contributed by atoms with Crippen molar-refractivity contribution in [1.29, 1.82) is 0 Å². The standard InChI is InChI=1S/C51H37N/c1-51(2)46-19-9-8-16-45(46)50-47(51)20-11-21-48(50)52(39-29-24-35(25-30-39)34-12-4-3-5-13-34)40-31-26-37(27-32-40)41-17-10-18-44-43(41)33-28-38-23-22-36-14-6-7-15-42(36)49(38)44/h3-33H,1-2H3. The average Bonchev–Trinajstić information content (AvgIpc) is 3.45. The van der Waals surface area contributed by atoms with Crippen molar-refractivity contribution in [3.63, 3.8) is 0 Å². The van der Waals surface area contributed by atoms with Gasteiger partial charge in [-0.25, -0.2) is 0 Å². The van der Waals surface area contributed by atoms with Crippen molar-refractivity contribution >= 4 is 49.4 Å². The van der Waals surface area contributed by atoms with Crippen LogP contribution >= 0.6 is 0 Å². The zero-order valence-corrected chi connectivity index (χ0v) is 29.3. The van der Waals surface area contributed by atoms with Crippen LogP contribution < -0.4 is 4.90 Å². The molecular formula is C51H37N. The first kappa shape index (κ1) is 30.4. The van der Waals surface area contributed by atoms with Gasteiger partial charge in [-0.15, -0.1) is 0 Å². The molecule has 1 aliphatic carbocycles. The van der Waals surface area contributed by atoms with Gasteiger partial charge in [-0.05, 0) is 102 Å². The molecule has 0 saturated heterocycles. The highest BCUT2D eigenvalue weighted by Crippen LogP contribution is 2.54. The molecule has 0 bridgehead atoms. The van der Waals surface area contributed by atoms with Crippen LogP contribution in [-0.2, 0) is 5.41 Å². The van der Waals surface area contributed by atoms with E-state index in [1.807, 2.05) is 0 Å². The minimum atomic E-state index is -0.0848. The number of hydrogen-bond donors (Lipinski definition) is 0. The van der Waals surface area contributed by atoms with Gasteiger partial charge in [0.1, 0.15) is 0 Å². The number of hydrogen-bond acceptors (Lipinski definition) is 1. The van der Waals surface area contributed by atoms with Crippen molar-refractivity contribution in [2.75, 3.05) is 4.90 Å². The third-order valence-electron chi connectivity index (χ3n) is 11.3. The summed E-state index contributed by atoms with van der Waals surface area (Å²) in [6.07, 6.45) is 0. The summed E-state index contributed by atoms with van der Waals surface area (Å²) in [5.41, 5.74) is 13.6. The minimum Gasteiger partial charge on any atom is -0.310 e. The molecule has 0 spiro atoms. The van der Waals surface area contributed by atoms with Crippen LogP contribution in [0.5, 0.6) is 0 Å². The normalized spacial score (nSPS) is 13.0. The van der Waals surface area contributed by atoms with Gasteiger partial charge in [0.15, 0.2) is 0 Å². The van der Waals surface area contributed by atoms with Gasteiger partial charge in [-0.2, -0.15) is 0 Å². The van der Waals surface area contributed by atoms with Crippen LogP contribution in [0.3, 0.4) is 0 Å². The van der Waals surface area contributed by atoms with Crippen molar-refractivity contribution in [1.82, 2.24) is 0 Å². The largest absolute Gasteiger partial charge is 0.310 e. The van der Waals surface area contributed by atoms with Gasteiger partial charge in [0.2, 0.25) is 0 Å². The molecule has 0 radical (unpaired) electrons. The third-order valence-corrected chi connectivity index (χ3v) is 11.3. The van der Waals surface area contributed by atoms with Gasteiger partial charge in [-0.3, -0.25) is 0 Å². The topological polar surface area (TPSA) is 3.24 Å². The van der Waals surface area contributed by atoms with Crippen LogP contribution in [0.15, 0.2) is 188 Å². The van der Waals surface area contributed by atoms with E-state index < -0.39 is 0 Å². The molecule has 9 aromatic carbocycles. The summed E-state index contributed by atoms with van der Waals surface area (Å²) in [4.78, 5) is 2.44. The van der Waals surface area contributed by atoms with Gasteiger partial charge in [0.05, 0.1) is 5.69 Å². The number of anilines is 3. The molecule has 0 aromatic heterocycles. The lowest BCUT2D eigenvalue weighted by molar-refractivity contribution is 0.660. The molecule has 0 fully saturated rings. The molecule has 0 N–H and O–H groups in total. The van der Waals surface area contributed by atoms with Crippen LogP contribution in [0.4, 0.5) is 17.1 Å². The molecule has 1 aliphatic rings. The smallest absolute Gasteiger partial charge is 0.0543 e. The highest BCUT2D eigenvalue weighted by Gasteiger charge is 2.37. The molecule has 1 nitrogen and oxygen atoms in total. The van der Waals surface area contributed by atoms with Crippen LogP contribution in [0.25, 0.3) is 65.7 Å². The molecule has 1 heteroatoms. The molecule has 0 saturated carbocycles. The first-order valence-corrected chi connectivity index (χ1v) is 18.2. The van der Waals surface area contributed by atoms with Gasteiger partial charge in [0.25, 0.3) is 0 Å². The van der Waals surface area contributed by atoms with Gasteiger partial charge >= 0.3 is 0 Å². The number of rotatable bonds is 5. The first-order chi connectivity index (χ1) is 25.6. The second-order valence-electron chi connectivity index (χ2n) is 14.5. The lowest BCUT2D eigenvalue weighted by Gasteiger charge is -2.29. The van der Waals surface area contributed by atoms with Crippen molar-refractivity contribution in [2.45, 2.75) is 19.3 Å². The van der Waals surface area contributed by atoms with E-state index in [1.165, 1.54) is 82.5 Å². The Hall–Kier alpha value is -6.44. The van der Waals surface area contributed by atoms with E-state index in [2.05, 4.69) is 207 Å². The van der Waals surface area contributed by atoms with E-state index in [9.17, 15) is 0 Å². The van der Waals surface area contributed by atoms with Crippen molar-refractivity contribution in [3.8, 4) is 33.4 Å². The van der Waals surface area contributed by atoms with Crippen molar-refractivity contribution in [2.24, 2.45) is 0 Å². The highest BCUT2D eigenvalue weighted by atomic mass is 15.1. The number of fused-ring (bicyclic) bond motifs is 8. The van der Waals surface area contributed by atoms with Gasteiger partial charge < -0.3 is 4.90 Å². The fourth-order valence-corrected chi connectivity index (χ4v) is 8.69. The predicted molar refractivity (Wildman–Crippen MR) is 222 cm³/mol. The van der Waals surface area contributed by atoms with E-state index in [4.69, 9.17) is 0 Å². The van der Waals surface area contributed by atoms with Crippen LogP contribution in [-0.4, -0.2) is 0 Å². The van der Waals surface area contributed by atoms with Gasteiger partial charge in [0, 0.05) is 22.4 Å². The third kappa shape index (κ3) is 4.70. The maximum absolute atomic E-state index is 2.44. The second-order valence-corrected chi connectivity index (χ2v) is 14.5. The maximum Gasteiger partial charge on any atom is 0.0543 e. The molecule has 0 unspecified atom stereocenters. The highest BCUT2D eigenvalue weighted by molar-refractivity contribution is 6.22. The SMILES string of the molecule is CC1(C)c2ccccc2-c2c(N(c3ccc(-c4ccccc4)cc3)c3ccc(-c4cccc5c4ccc4ccc6ccccc6c45)cc3)cccc21. The molecule has 10 rings (SSSR count). The Bertz CT molecular complexity index is 2790. The monoisotopic (exact) mass is 663 g/mol. The Morgan fingerprint density at radius 3 is 1.75 bits per heavy atom. The Morgan fingerprint density at radius 2 is 0.942 bits per heavy atom. The molecule has 0 atom stereocenters. The lowest BCUT2D eigenvalue weighted by Crippen LogP contribution is -2.16. The molecule has 0 aliphatic heterocycles. The molecule has 0 amide bonds. The zero-order chi connectivity index (χ0) is 34.8. The first-order valence-electron chi connectivity index (χ1n) is 18.2. The van der Waals surface area contributed by atoms with E-state index >= 15 is 0 Å². The van der Waals surface area contributed by atoms with Crippen LogP contribution in [0, 0.1) is 0 Å². The fraction of sp³-hybridized carbons (Fsp3) is 0.0588. The molecular weight excluding hydrogens is 627 g/mol. The Kier molecular flexibility index (Phi) is 6.91. The van der Waals surface area contributed by atoms with E-state index in [-0.39, 0.29) is 5.41 Å². The summed E-state index contributed by atoms with van der Waals surface area (Å²) in [6.45, 7) is 4.71. The summed E-state index contributed by atoms with van der Waals surface area (Å²) in [5.74, 6) is 0. The summed E-state index contributed by atoms with van der Waals surface area (Å²) < 4.78 is 0. The zero-order valence-electron chi connectivity index (χ0n) is 29.3. The van der Waals surface area contributed by atoms with E-state index in [0.717, 1.165) is 11.4 Å². The van der Waals surface area contributed by atoms with Crippen LogP contribution in [0.2, 0.25) is 0 Å². The molecule has 52 heavy (non-hydrogen) atoms. The predicted octanol–water partition coefficient (Wildman–Crippen LogP) is 14.3. The number of nitrogens with zero attached hydrogens (tertiary/aromatic N) is 1. The average molecular weight is 664 g/mol. The minimum absolute atomic E-state index is 0.0848. The number of benzene rings is 9. The Labute approximate surface area is 305 Å². The van der Waals surface area contributed by atoms with Crippen LogP contribution in [0.1, 0.15) is 25.0 Å². The lowest BCUT2D eigenvalue weighted by atomic mass is 9.82. The summed E-state index contributed by atoms with van der Waals surface area (Å²) in [5, 5.41) is 7.72. The second kappa shape index (κ2) is 11.8. The molecule has 9 aromatic rings. The van der Waals surface area contributed by atoms with Crippen molar-refractivity contribution in [3.05, 3.63) is 199 Å². The summed E-state index contributed by atoms with van der Waals surface area (Å²) >= 11 is 0. The summed E-state index contributed by atoms with van der Waals surface area (Å²) in [7, 11) is 0.